The highest BCUT2D eigenvalue weighted by atomic mass is 32.2. The number of aromatic nitrogens is 1. The predicted molar refractivity (Wildman–Crippen MR) is 76.6 cm³/mol. The van der Waals surface area contributed by atoms with Crippen LogP contribution in [0.2, 0.25) is 0 Å². The summed E-state index contributed by atoms with van der Waals surface area (Å²) in [5, 5.41) is 2.64. The number of hydrogen-bond acceptors (Lipinski definition) is 4. The van der Waals surface area contributed by atoms with Crippen molar-refractivity contribution >= 4 is 27.3 Å². The van der Waals surface area contributed by atoms with E-state index in [-0.39, 0.29) is 28.5 Å². The monoisotopic (exact) mass is 305 g/mol. The first-order valence-electron chi connectivity index (χ1n) is 6.08. The molecule has 0 unspecified atom stereocenters. The number of amides is 1. The van der Waals surface area contributed by atoms with Gasteiger partial charge >= 0.3 is 0 Å². The molecule has 7 nitrogen and oxygen atoms in total. The van der Waals surface area contributed by atoms with Gasteiger partial charge in [0, 0.05) is 18.0 Å². The average Bonchev–Trinajstić information content (AvgIpc) is 2.80. The molecule has 0 aliphatic carbocycles. The molecule has 2 heterocycles. The first-order valence-corrected chi connectivity index (χ1v) is 7.57. The van der Waals surface area contributed by atoms with Crippen LogP contribution >= 0.6 is 0 Å². The number of fused-ring (bicyclic) bond motifs is 1. The van der Waals surface area contributed by atoms with E-state index in [4.69, 9.17) is 0 Å². The van der Waals surface area contributed by atoms with Gasteiger partial charge in [0.15, 0.2) is 0 Å². The largest absolute Gasteiger partial charge is 0.327 e. The van der Waals surface area contributed by atoms with Gasteiger partial charge in [0.2, 0.25) is 11.5 Å². The molecule has 1 aliphatic rings. The fourth-order valence-electron chi connectivity index (χ4n) is 2.06. The van der Waals surface area contributed by atoms with Gasteiger partial charge in [0.25, 0.3) is 10.0 Å². The molecule has 0 fully saturated rings. The molecule has 0 saturated carbocycles. The fraction of sp³-hybridized carbons (Fsp3) is 0.0769. The van der Waals surface area contributed by atoms with Crippen molar-refractivity contribution in [2.24, 2.45) is 0 Å². The van der Waals surface area contributed by atoms with Gasteiger partial charge in [-0.25, -0.2) is 8.42 Å². The van der Waals surface area contributed by atoms with Gasteiger partial charge in [-0.15, -0.1) is 0 Å². The van der Waals surface area contributed by atoms with E-state index in [1.165, 1.54) is 30.5 Å². The van der Waals surface area contributed by atoms with Crippen molar-refractivity contribution in [2.45, 2.75) is 11.3 Å². The maximum atomic E-state index is 12.3. The van der Waals surface area contributed by atoms with E-state index in [1.54, 1.807) is 6.07 Å². The Balaban J connectivity index is 1.92. The molecule has 0 saturated heterocycles. The zero-order valence-electron chi connectivity index (χ0n) is 10.7. The Kier molecular flexibility index (Phi) is 3.02. The summed E-state index contributed by atoms with van der Waals surface area (Å²) in [5.41, 5.74) is 1.21. The molecular formula is C13H11N3O4S. The number of aromatic amines is 1. The third-order valence-corrected chi connectivity index (χ3v) is 4.43. The number of benzene rings is 1. The van der Waals surface area contributed by atoms with Crippen molar-refractivity contribution in [1.29, 1.82) is 0 Å². The van der Waals surface area contributed by atoms with Crippen molar-refractivity contribution in [3.63, 3.8) is 0 Å². The van der Waals surface area contributed by atoms with Gasteiger partial charge < -0.3 is 10.3 Å². The average molecular weight is 305 g/mol. The van der Waals surface area contributed by atoms with Crippen LogP contribution in [0.4, 0.5) is 11.4 Å². The highest BCUT2D eigenvalue weighted by molar-refractivity contribution is 7.92. The summed E-state index contributed by atoms with van der Waals surface area (Å²) in [5.74, 6) is -0.159. The van der Waals surface area contributed by atoms with E-state index in [2.05, 4.69) is 15.0 Å². The van der Waals surface area contributed by atoms with Gasteiger partial charge in [0.1, 0.15) is 0 Å². The summed E-state index contributed by atoms with van der Waals surface area (Å²) in [4.78, 5) is 24.7. The SMILES string of the molecule is O=C1Cc2cc(S(=O)(=O)Nc3ccc(=O)[nH]c3)ccc2N1. The van der Waals surface area contributed by atoms with Crippen molar-refractivity contribution < 1.29 is 13.2 Å². The zero-order chi connectivity index (χ0) is 15.0. The van der Waals surface area contributed by atoms with Crippen LogP contribution in [0, 0.1) is 0 Å². The Bertz CT molecular complexity index is 866. The molecule has 0 radical (unpaired) electrons. The molecule has 3 N–H and O–H groups in total. The second-order valence-electron chi connectivity index (χ2n) is 4.59. The molecule has 2 aromatic rings. The van der Waals surface area contributed by atoms with Gasteiger partial charge in [-0.3, -0.25) is 14.3 Å². The lowest BCUT2D eigenvalue weighted by atomic mass is 10.2. The minimum absolute atomic E-state index is 0.0592. The Labute approximate surface area is 120 Å². The van der Waals surface area contributed by atoms with E-state index in [0.717, 1.165) is 0 Å². The highest BCUT2D eigenvalue weighted by Gasteiger charge is 2.21. The number of H-pyrrole nitrogens is 1. The number of nitrogens with one attached hydrogen (secondary N) is 3. The van der Waals surface area contributed by atoms with Gasteiger partial charge in [-0.1, -0.05) is 0 Å². The topological polar surface area (TPSA) is 108 Å². The van der Waals surface area contributed by atoms with Crippen LogP contribution in [0.25, 0.3) is 0 Å². The molecule has 0 spiro atoms. The van der Waals surface area contributed by atoms with Crippen molar-refractivity contribution in [1.82, 2.24) is 4.98 Å². The van der Waals surface area contributed by atoms with Gasteiger partial charge in [-0.05, 0) is 29.8 Å². The standard InChI is InChI=1S/C13H11N3O4S/c17-12-4-1-9(7-14-12)16-21(19,20)10-2-3-11-8(5-10)6-13(18)15-11/h1-5,7,16H,6H2,(H,14,17)(H,15,18). The zero-order valence-corrected chi connectivity index (χ0v) is 11.5. The number of anilines is 2. The van der Waals surface area contributed by atoms with Crippen LogP contribution in [-0.2, 0) is 21.2 Å². The number of carbonyl (C=O) groups is 1. The van der Waals surface area contributed by atoms with E-state index in [0.29, 0.717) is 11.3 Å². The van der Waals surface area contributed by atoms with E-state index in [9.17, 15) is 18.0 Å². The van der Waals surface area contributed by atoms with Gasteiger partial charge in [-0.2, -0.15) is 0 Å². The first kappa shape index (κ1) is 13.4. The second kappa shape index (κ2) is 4.74. The number of rotatable bonds is 3. The molecule has 0 bridgehead atoms. The fourth-order valence-corrected chi connectivity index (χ4v) is 3.16. The molecule has 1 aliphatic heterocycles. The van der Waals surface area contributed by atoms with Crippen molar-refractivity contribution in [3.05, 3.63) is 52.4 Å². The quantitative estimate of drug-likeness (QED) is 0.774. The normalized spacial score (nSPS) is 13.6. The van der Waals surface area contributed by atoms with Crippen LogP contribution in [-0.4, -0.2) is 19.3 Å². The Hall–Kier alpha value is -2.61. The second-order valence-corrected chi connectivity index (χ2v) is 6.27. The molecule has 3 rings (SSSR count). The van der Waals surface area contributed by atoms with E-state index < -0.39 is 10.0 Å². The Morgan fingerprint density at radius 1 is 1.10 bits per heavy atom. The lowest BCUT2D eigenvalue weighted by Gasteiger charge is -2.08. The lowest BCUT2D eigenvalue weighted by molar-refractivity contribution is -0.115. The third-order valence-electron chi connectivity index (χ3n) is 3.05. The van der Waals surface area contributed by atoms with Crippen LogP contribution < -0.4 is 15.6 Å². The smallest absolute Gasteiger partial charge is 0.261 e. The number of hydrogen-bond donors (Lipinski definition) is 3. The molecular weight excluding hydrogens is 294 g/mol. The molecule has 1 aromatic carbocycles. The summed E-state index contributed by atoms with van der Waals surface area (Å²) in [7, 11) is -3.78. The highest BCUT2D eigenvalue weighted by Crippen LogP contribution is 2.26. The Morgan fingerprint density at radius 2 is 1.90 bits per heavy atom. The summed E-state index contributed by atoms with van der Waals surface area (Å²) >= 11 is 0. The summed E-state index contributed by atoms with van der Waals surface area (Å²) in [6.07, 6.45) is 1.44. The van der Waals surface area contributed by atoms with Crippen molar-refractivity contribution in [2.75, 3.05) is 10.0 Å². The summed E-state index contributed by atoms with van der Waals surface area (Å²) < 4.78 is 26.9. The first-order chi connectivity index (χ1) is 9.94. The van der Waals surface area contributed by atoms with E-state index >= 15 is 0 Å². The minimum atomic E-state index is -3.78. The molecule has 21 heavy (non-hydrogen) atoms. The molecule has 1 amide bonds. The third kappa shape index (κ3) is 2.65. The predicted octanol–water partition coefficient (Wildman–Crippen LogP) is 0.670. The minimum Gasteiger partial charge on any atom is -0.327 e. The number of carbonyl (C=O) groups excluding carboxylic acids is 1. The molecule has 1 aromatic heterocycles. The lowest BCUT2D eigenvalue weighted by Crippen LogP contribution is -2.14. The number of pyridine rings is 1. The van der Waals surface area contributed by atoms with Crippen LogP contribution in [0.3, 0.4) is 0 Å². The van der Waals surface area contributed by atoms with Crippen LogP contribution in [0.1, 0.15) is 5.56 Å². The van der Waals surface area contributed by atoms with Crippen molar-refractivity contribution in [3.8, 4) is 0 Å². The maximum Gasteiger partial charge on any atom is 0.261 e. The van der Waals surface area contributed by atoms with E-state index in [1.807, 2.05) is 0 Å². The van der Waals surface area contributed by atoms with Gasteiger partial charge in [0.05, 0.1) is 17.0 Å². The molecule has 108 valence electrons. The van der Waals surface area contributed by atoms with Crippen LogP contribution in [0.15, 0.2) is 46.2 Å². The summed E-state index contributed by atoms with van der Waals surface area (Å²) in [6.45, 7) is 0. The number of sulfonamides is 1. The summed E-state index contributed by atoms with van der Waals surface area (Å²) in [6, 6.07) is 7.03. The maximum absolute atomic E-state index is 12.3. The molecule has 0 atom stereocenters. The molecule has 8 heteroatoms. The Morgan fingerprint density at radius 3 is 2.62 bits per heavy atom. The van der Waals surface area contributed by atoms with Crippen LogP contribution in [0.5, 0.6) is 0 Å².